The van der Waals surface area contributed by atoms with Crippen LogP contribution in [0.1, 0.15) is 18.6 Å². The average molecular weight is 403 g/mol. The lowest BCUT2D eigenvalue weighted by atomic mass is 10.1. The van der Waals surface area contributed by atoms with E-state index in [-0.39, 0.29) is 4.90 Å². The molecule has 20 heavy (non-hydrogen) atoms. The van der Waals surface area contributed by atoms with Crippen LogP contribution in [-0.2, 0) is 10.0 Å². The molecule has 0 radical (unpaired) electrons. The Hall–Kier alpha value is -1.12. The van der Waals surface area contributed by atoms with Crippen LogP contribution < -0.4 is 4.72 Å². The first kappa shape index (κ1) is 15.3. The third-order valence-corrected chi connectivity index (χ3v) is 4.85. The molecule has 6 heteroatoms. The van der Waals surface area contributed by atoms with Crippen molar-refractivity contribution >= 4 is 38.3 Å². The molecule has 0 saturated heterocycles. The fourth-order valence-corrected chi connectivity index (χ4v) is 3.15. The molecular weight excluding hydrogens is 389 g/mol. The van der Waals surface area contributed by atoms with Gasteiger partial charge in [0.15, 0.2) is 0 Å². The van der Waals surface area contributed by atoms with Crippen LogP contribution in [0.25, 0.3) is 0 Å². The lowest BCUT2D eigenvalue weighted by Gasteiger charge is -2.10. The van der Waals surface area contributed by atoms with Gasteiger partial charge in [-0.15, -0.1) is 0 Å². The Kier molecular flexibility index (Phi) is 4.66. The smallest absolute Gasteiger partial charge is 0.261 e. The molecule has 0 bridgehead atoms. The minimum atomic E-state index is -3.65. The fraction of sp³-hybridized carbons (Fsp3) is 0.143. The molecule has 0 heterocycles. The van der Waals surface area contributed by atoms with Gasteiger partial charge >= 0.3 is 0 Å². The molecule has 0 aliphatic carbocycles. The Balaban J connectivity index is 2.30. The van der Waals surface area contributed by atoms with E-state index in [9.17, 15) is 13.5 Å². The number of aliphatic hydroxyl groups is 1. The van der Waals surface area contributed by atoms with Crippen molar-refractivity contribution in [1.82, 2.24) is 0 Å². The molecule has 0 spiro atoms. The number of nitrogens with one attached hydrogen (secondary N) is 1. The maximum atomic E-state index is 12.3. The first-order chi connectivity index (χ1) is 9.38. The average Bonchev–Trinajstić information content (AvgIpc) is 2.41. The van der Waals surface area contributed by atoms with Crippen LogP contribution in [0.3, 0.4) is 0 Å². The van der Waals surface area contributed by atoms with E-state index < -0.39 is 16.1 Å². The minimum absolute atomic E-state index is 0.134. The van der Waals surface area contributed by atoms with Crippen LogP contribution >= 0.6 is 22.6 Å². The zero-order valence-corrected chi connectivity index (χ0v) is 13.7. The molecular formula is C14H14INO3S. The number of halogens is 1. The summed E-state index contributed by atoms with van der Waals surface area (Å²) in [5.74, 6) is 0. The van der Waals surface area contributed by atoms with Crippen molar-refractivity contribution < 1.29 is 13.5 Å². The lowest BCUT2D eigenvalue weighted by Crippen LogP contribution is -2.13. The van der Waals surface area contributed by atoms with Crippen molar-refractivity contribution in [3.8, 4) is 0 Å². The topological polar surface area (TPSA) is 66.4 Å². The summed E-state index contributed by atoms with van der Waals surface area (Å²) in [6, 6.07) is 13.3. The van der Waals surface area contributed by atoms with Gasteiger partial charge in [0.25, 0.3) is 10.0 Å². The Bertz CT molecular complexity index is 697. The molecule has 0 amide bonds. The monoisotopic (exact) mass is 403 g/mol. The van der Waals surface area contributed by atoms with E-state index in [1.807, 2.05) is 12.1 Å². The molecule has 0 fully saturated rings. The second kappa shape index (κ2) is 6.11. The Labute approximate surface area is 132 Å². The van der Waals surface area contributed by atoms with E-state index in [1.54, 1.807) is 31.2 Å². The van der Waals surface area contributed by atoms with Crippen LogP contribution in [0, 0.1) is 3.57 Å². The molecule has 0 saturated carbocycles. The molecule has 4 nitrogen and oxygen atoms in total. The summed E-state index contributed by atoms with van der Waals surface area (Å²) in [4.78, 5) is 0.134. The summed E-state index contributed by atoms with van der Waals surface area (Å²) in [7, 11) is -3.65. The van der Waals surface area contributed by atoms with Crippen LogP contribution in [0.5, 0.6) is 0 Å². The van der Waals surface area contributed by atoms with E-state index in [1.165, 1.54) is 12.1 Å². The van der Waals surface area contributed by atoms with Crippen molar-refractivity contribution in [1.29, 1.82) is 0 Å². The number of hydrogen-bond donors (Lipinski definition) is 2. The van der Waals surface area contributed by atoms with Gasteiger partial charge in [0.1, 0.15) is 0 Å². The van der Waals surface area contributed by atoms with Crippen molar-refractivity contribution in [3.63, 3.8) is 0 Å². The Morgan fingerprint density at radius 2 is 1.80 bits per heavy atom. The highest BCUT2D eigenvalue weighted by Crippen LogP contribution is 2.20. The summed E-state index contributed by atoms with van der Waals surface area (Å²) < 4.78 is 28.1. The van der Waals surface area contributed by atoms with Gasteiger partial charge in [-0.25, -0.2) is 8.42 Å². The summed E-state index contributed by atoms with van der Waals surface area (Å²) >= 11 is 2.15. The second-order valence-corrected chi connectivity index (χ2v) is 7.29. The summed E-state index contributed by atoms with van der Waals surface area (Å²) in [5.41, 5.74) is 1.07. The first-order valence-electron chi connectivity index (χ1n) is 5.95. The molecule has 2 N–H and O–H groups in total. The predicted octanol–water partition coefficient (Wildman–Crippen LogP) is 3.15. The minimum Gasteiger partial charge on any atom is -0.389 e. The van der Waals surface area contributed by atoms with E-state index in [2.05, 4.69) is 27.3 Å². The van der Waals surface area contributed by atoms with Gasteiger partial charge in [-0.3, -0.25) is 4.72 Å². The molecule has 2 aromatic carbocycles. The summed E-state index contributed by atoms with van der Waals surface area (Å²) in [5, 5.41) is 9.52. The van der Waals surface area contributed by atoms with Gasteiger partial charge in [0, 0.05) is 9.26 Å². The molecule has 0 aliphatic rings. The first-order valence-corrected chi connectivity index (χ1v) is 8.51. The van der Waals surface area contributed by atoms with Gasteiger partial charge < -0.3 is 5.11 Å². The summed E-state index contributed by atoms with van der Waals surface area (Å²) in [6.45, 7) is 1.60. The van der Waals surface area contributed by atoms with Crippen molar-refractivity contribution in [2.45, 2.75) is 17.9 Å². The van der Waals surface area contributed by atoms with Crippen molar-refractivity contribution in [2.24, 2.45) is 0 Å². The largest absolute Gasteiger partial charge is 0.389 e. The van der Waals surface area contributed by atoms with Crippen LogP contribution in [0.2, 0.25) is 0 Å². The number of rotatable bonds is 4. The number of hydrogen-bond acceptors (Lipinski definition) is 3. The molecule has 1 unspecified atom stereocenters. The Morgan fingerprint density at radius 1 is 1.15 bits per heavy atom. The zero-order valence-electron chi connectivity index (χ0n) is 10.7. The molecule has 0 aliphatic heterocycles. The van der Waals surface area contributed by atoms with E-state index in [0.29, 0.717) is 11.3 Å². The van der Waals surface area contributed by atoms with Gasteiger partial charge in [-0.1, -0.05) is 12.1 Å². The number of sulfonamides is 1. The molecule has 2 aromatic rings. The lowest BCUT2D eigenvalue weighted by molar-refractivity contribution is 0.199. The van der Waals surface area contributed by atoms with Gasteiger partial charge in [-0.05, 0) is 71.5 Å². The van der Waals surface area contributed by atoms with E-state index >= 15 is 0 Å². The highest BCUT2D eigenvalue weighted by molar-refractivity contribution is 14.1. The maximum absolute atomic E-state index is 12.3. The standard InChI is InChI=1S/C14H14INO3S/c1-10(17)11-3-2-4-14(9-11)20(18,19)16-13-7-5-12(15)6-8-13/h2-10,16-17H,1H3. The van der Waals surface area contributed by atoms with Gasteiger partial charge in [0.2, 0.25) is 0 Å². The maximum Gasteiger partial charge on any atom is 0.261 e. The molecule has 1 atom stereocenters. The third-order valence-electron chi connectivity index (χ3n) is 2.75. The number of anilines is 1. The highest BCUT2D eigenvalue weighted by atomic mass is 127. The quantitative estimate of drug-likeness (QED) is 0.771. The SMILES string of the molecule is CC(O)c1cccc(S(=O)(=O)Nc2ccc(I)cc2)c1. The third kappa shape index (κ3) is 3.71. The number of benzene rings is 2. The molecule has 2 rings (SSSR count). The molecule has 106 valence electrons. The van der Waals surface area contributed by atoms with E-state index in [4.69, 9.17) is 0 Å². The van der Waals surface area contributed by atoms with E-state index in [0.717, 1.165) is 3.57 Å². The normalized spacial score (nSPS) is 12.9. The summed E-state index contributed by atoms with van der Waals surface area (Å²) in [6.07, 6.45) is -0.705. The van der Waals surface area contributed by atoms with Crippen LogP contribution in [0.15, 0.2) is 53.4 Å². The molecule has 0 aromatic heterocycles. The highest BCUT2D eigenvalue weighted by Gasteiger charge is 2.15. The second-order valence-electron chi connectivity index (χ2n) is 4.36. The van der Waals surface area contributed by atoms with Gasteiger partial charge in [-0.2, -0.15) is 0 Å². The van der Waals surface area contributed by atoms with Gasteiger partial charge in [0.05, 0.1) is 11.0 Å². The Morgan fingerprint density at radius 3 is 2.40 bits per heavy atom. The zero-order chi connectivity index (χ0) is 14.8. The number of aliphatic hydroxyl groups excluding tert-OH is 1. The fourth-order valence-electron chi connectivity index (χ4n) is 1.67. The van der Waals surface area contributed by atoms with Crippen molar-refractivity contribution in [2.75, 3.05) is 4.72 Å². The van der Waals surface area contributed by atoms with Crippen LogP contribution in [0.4, 0.5) is 5.69 Å². The van der Waals surface area contributed by atoms with Crippen LogP contribution in [-0.4, -0.2) is 13.5 Å². The van der Waals surface area contributed by atoms with Crippen molar-refractivity contribution in [3.05, 3.63) is 57.7 Å². The predicted molar refractivity (Wildman–Crippen MR) is 87.0 cm³/mol.